The van der Waals surface area contributed by atoms with E-state index in [9.17, 15) is 24.6 Å². The molecule has 1 amide bonds. The molecular formula is C12H15NO6. The topological polar surface area (TPSA) is 104 Å². The van der Waals surface area contributed by atoms with Crippen molar-refractivity contribution < 1.29 is 29.3 Å². The Balaban J connectivity index is 2.45. The number of piperidine rings is 1. The van der Waals surface area contributed by atoms with Crippen LogP contribution in [-0.2, 0) is 14.3 Å². The Morgan fingerprint density at radius 1 is 1.11 bits per heavy atom. The van der Waals surface area contributed by atoms with Crippen molar-refractivity contribution in [2.75, 3.05) is 7.11 Å². The van der Waals surface area contributed by atoms with E-state index in [1.165, 1.54) is 12.0 Å². The first-order chi connectivity index (χ1) is 8.90. The van der Waals surface area contributed by atoms with Crippen molar-refractivity contribution in [3.63, 3.8) is 0 Å². The monoisotopic (exact) mass is 269 g/mol. The lowest BCUT2D eigenvalue weighted by atomic mass is 9.66. The Labute approximate surface area is 109 Å². The minimum Gasteiger partial charge on any atom is -0.481 e. The summed E-state index contributed by atoms with van der Waals surface area (Å²) in [5.41, 5.74) is 0. The molecule has 3 rings (SSSR count). The molecule has 0 aromatic rings. The molecule has 0 aromatic heterocycles. The highest BCUT2D eigenvalue weighted by atomic mass is 16.5. The van der Waals surface area contributed by atoms with Crippen LogP contribution in [-0.4, -0.2) is 52.3 Å². The minimum absolute atomic E-state index is 0.404. The molecule has 1 fully saturated rings. The first kappa shape index (κ1) is 13.4. The number of carboxylic acid groups (broad SMARTS) is 2. The molecule has 2 bridgehead atoms. The van der Waals surface area contributed by atoms with Gasteiger partial charge in [-0.1, -0.05) is 12.2 Å². The predicted molar refractivity (Wildman–Crippen MR) is 62.4 cm³/mol. The molecule has 1 saturated heterocycles. The number of methoxy groups -OCH3 is 1. The Hall–Kier alpha value is -2.05. The van der Waals surface area contributed by atoms with Crippen LogP contribution in [0.3, 0.4) is 0 Å². The largest absolute Gasteiger partial charge is 0.481 e. The lowest BCUT2D eigenvalue weighted by Gasteiger charge is -2.51. The third-order valence-corrected chi connectivity index (χ3v) is 3.97. The average Bonchev–Trinajstić information content (AvgIpc) is 2.37. The number of nitrogens with zero attached hydrogens (tertiary/aromatic N) is 1. The second kappa shape index (κ2) is 4.56. The van der Waals surface area contributed by atoms with E-state index in [0.717, 1.165) is 0 Å². The van der Waals surface area contributed by atoms with Gasteiger partial charge in [0, 0.05) is 12.0 Å². The van der Waals surface area contributed by atoms with E-state index in [1.807, 2.05) is 0 Å². The van der Waals surface area contributed by atoms with E-state index in [1.54, 1.807) is 19.1 Å². The fourth-order valence-corrected chi connectivity index (χ4v) is 3.13. The number of aliphatic carboxylic acids is 2. The summed E-state index contributed by atoms with van der Waals surface area (Å²) >= 11 is 0. The van der Waals surface area contributed by atoms with Gasteiger partial charge >= 0.3 is 18.0 Å². The zero-order chi connectivity index (χ0) is 14.3. The summed E-state index contributed by atoms with van der Waals surface area (Å²) in [5, 5.41) is 18.5. The number of amides is 1. The van der Waals surface area contributed by atoms with Crippen molar-refractivity contribution in [1.29, 1.82) is 0 Å². The van der Waals surface area contributed by atoms with Gasteiger partial charge in [0.15, 0.2) is 0 Å². The quantitative estimate of drug-likeness (QED) is 0.704. The van der Waals surface area contributed by atoms with Crippen molar-refractivity contribution in [2.45, 2.75) is 19.0 Å². The van der Waals surface area contributed by atoms with Crippen LogP contribution < -0.4 is 0 Å². The van der Waals surface area contributed by atoms with Gasteiger partial charge in [0.05, 0.1) is 25.0 Å². The molecular weight excluding hydrogens is 254 g/mol. The van der Waals surface area contributed by atoms with Crippen LogP contribution in [0.2, 0.25) is 0 Å². The molecule has 0 spiro atoms. The molecule has 0 saturated carbocycles. The van der Waals surface area contributed by atoms with Gasteiger partial charge in [-0.3, -0.25) is 14.5 Å². The molecule has 2 aliphatic heterocycles. The molecule has 0 aromatic carbocycles. The van der Waals surface area contributed by atoms with Crippen LogP contribution in [0.4, 0.5) is 4.79 Å². The Morgan fingerprint density at radius 3 is 2.16 bits per heavy atom. The highest BCUT2D eigenvalue weighted by molar-refractivity contribution is 5.84. The summed E-state index contributed by atoms with van der Waals surface area (Å²) in [6.07, 6.45) is 2.63. The van der Waals surface area contributed by atoms with Crippen molar-refractivity contribution >= 4 is 18.0 Å². The van der Waals surface area contributed by atoms with Gasteiger partial charge in [-0.15, -0.1) is 0 Å². The van der Waals surface area contributed by atoms with Crippen LogP contribution in [0, 0.1) is 17.8 Å². The zero-order valence-electron chi connectivity index (χ0n) is 10.5. The third kappa shape index (κ3) is 1.85. The second-order valence-corrected chi connectivity index (χ2v) is 4.80. The molecule has 7 nitrogen and oxygen atoms in total. The maximum absolute atomic E-state index is 11.7. The van der Waals surface area contributed by atoms with Gasteiger partial charge in [-0.2, -0.15) is 0 Å². The van der Waals surface area contributed by atoms with E-state index >= 15 is 0 Å². The minimum atomic E-state index is -1.22. The third-order valence-electron chi connectivity index (χ3n) is 3.97. The number of carboxylic acids is 2. The number of carbonyl (C=O) groups excluding carboxylic acids is 1. The smallest absolute Gasteiger partial charge is 0.410 e. The van der Waals surface area contributed by atoms with Gasteiger partial charge < -0.3 is 14.9 Å². The predicted octanol–water partition coefficient (Wildman–Crippen LogP) is 0.413. The molecule has 5 atom stereocenters. The van der Waals surface area contributed by atoms with Crippen molar-refractivity contribution in [2.24, 2.45) is 17.8 Å². The van der Waals surface area contributed by atoms with Crippen molar-refractivity contribution in [3.8, 4) is 0 Å². The second-order valence-electron chi connectivity index (χ2n) is 4.80. The molecule has 0 radical (unpaired) electrons. The maximum Gasteiger partial charge on any atom is 0.410 e. The summed E-state index contributed by atoms with van der Waals surface area (Å²) in [4.78, 5) is 35.7. The average molecular weight is 269 g/mol. The summed E-state index contributed by atoms with van der Waals surface area (Å²) in [6.45, 7) is 1.70. The van der Waals surface area contributed by atoms with Gasteiger partial charge in [0.25, 0.3) is 0 Å². The lowest BCUT2D eigenvalue weighted by Crippen LogP contribution is -2.64. The Kier molecular flexibility index (Phi) is 3.21. The number of fused-ring (bicyclic) bond motifs is 2. The number of ether oxygens (including phenoxy) is 1. The first-order valence-electron chi connectivity index (χ1n) is 5.90. The Bertz CT molecular complexity index is 459. The van der Waals surface area contributed by atoms with Crippen molar-refractivity contribution in [3.05, 3.63) is 12.2 Å². The first-order valence-corrected chi connectivity index (χ1v) is 5.90. The summed E-state index contributed by atoms with van der Waals surface area (Å²) in [7, 11) is 1.21. The van der Waals surface area contributed by atoms with E-state index in [2.05, 4.69) is 4.74 Å². The summed E-state index contributed by atoms with van der Waals surface area (Å²) < 4.78 is 4.65. The standard InChI is InChI=1S/C12H15NO6/c1-5-6-3-4-7(13(5)12(18)19-2)9(11(16)17)8(6)10(14)15/h3-9H,1-2H3,(H,14,15)(H,16,17)/t5-,6+,7+,8+,9+/m0/s1. The fraction of sp³-hybridized carbons (Fsp3) is 0.583. The molecule has 1 aliphatic carbocycles. The van der Waals surface area contributed by atoms with Crippen LogP contribution in [0.25, 0.3) is 0 Å². The fourth-order valence-electron chi connectivity index (χ4n) is 3.13. The number of rotatable bonds is 2. The lowest BCUT2D eigenvalue weighted by molar-refractivity contribution is -0.164. The highest BCUT2D eigenvalue weighted by Crippen LogP contribution is 2.43. The van der Waals surface area contributed by atoms with E-state index < -0.39 is 47.9 Å². The van der Waals surface area contributed by atoms with Crippen LogP contribution in [0.1, 0.15) is 6.92 Å². The van der Waals surface area contributed by atoms with Crippen LogP contribution >= 0.6 is 0 Å². The zero-order valence-corrected chi connectivity index (χ0v) is 10.5. The van der Waals surface area contributed by atoms with Gasteiger partial charge in [-0.25, -0.2) is 4.79 Å². The highest BCUT2D eigenvalue weighted by Gasteiger charge is 2.56. The Morgan fingerprint density at radius 2 is 1.68 bits per heavy atom. The molecule has 104 valence electrons. The normalized spacial score (nSPS) is 36.1. The molecule has 2 N–H and O–H groups in total. The number of hydrogen-bond donors (Lipinski definition) is 2. The van der Waals surface area contributed by atoms with Crippen LogP contribution in [0.5, 0.6) is 0 Å². The summed E-state index contributed by atoms with van der Waals surface area (Å²) in [5.74, 6) is -5.07. The molecule has 19 heavy (non-hydrogen) atoms. The van der Waals surface area contributed by atoms with E-state index in [0.29, 0.717) is 0 Å². The molecule has 7 heteroatoms. The number of carbonyl (C=O) groups is 3. The molecule has 0 unspecified atom stereocenters. The van der Waals surface area contributed by atoms with Gasteiger partial charge in [-0.05, 0) is 6.92 Å². The van der Waals surface area contributed by atoms with Gasteiger partial charge in [0.1, 0.15) is 0 Å². The molecule has 2 heterocycles. The van der Waals surface area contributed by atoms with E-state index in [-0.39, 0.29) is 0 Å². The molecule has 3 aliphatic rings. The van der Waals surface area contributed by atoms with Gasteiger partial charge in [0.2, 0.25) is 0 Å². The summed E-state index contributed by atoms with van der Waals surface area (Å²) in [6, 6.07) is -1.19. The SMILES string of the molecule is COC(=O)N1[C@@H]2C=C[C@@H]([C@@H](C(=O)O)[C@@H]2C(=O)O)[C@@H]1C. The van der Waals surface area contributed by atoms with Crippen LogP contribution in [0.15, 0.2) is 12.2 Å². The number of hydrogen-bond acceptors (Lipinski definition) is 4. The maximum atomic E-state index is 11.7. The van der Waals surface area contributed by atoms with E-state index in [4.69, 9.17) is 0 Å². The van der Waals surface area contributed by atoms with Crippen molar-refractivity contribution in [1.82, 2.24) is 4.90 Å².